The second-order valence-corrected chi connectivity index (χ2v) is 1.93. The number of hydrogen-bond donors (Lipinski definition) is 0. The summed E-state index contributed by atoms with van der Waals surface area (Å²) in [7, 11) is 0. The first-order valence-corrected chi connectivity index (χ1v) is 3.28. The van der Waals surface area contributed by atoms with Crippen LogP contribution in [0.5, 0.6) is 0 Å². The highest BCUT2D eigenvalue weighted by Crippen LogP contribution is 2.12. The van der Waals surface area contributed by atoms with Crippen LogP contribution in [-0.4, -0.2) is 0 Å². The Morgan fingerprint density at radius 3 is 2.30 bits per heavy atom. The van der Waals surface area contributed by atoms with Gasteiger partial charge >= 0.3 is 0 Å². The van der Waals surface area contributed by atoms with Gasteiger partial charge in [-0.05, 0) is 23.7 Å². The molecule has 0 atom stereocenters. The Kier molecular flexibility index (Phi) is 4.53. The van der Waals surface area contributed by atoms with Gasteiger partial charge in [0.05, 0.1) is 0 Å². The van der Waals surface area contributed by atoms with Gasteiger partial charge in [0.1, 0.15) is 5.76 Å². The van der Waals surface area contributed by atoms with Gasteiger partial charge in [-0.15, -0.1) is 12.8 Å². The molecule has 0 spiro atoms. The highest BCUT2D eigenvalue weighted by molar-refractivity contribution is 6.28. The summed E-state index contributed by atoms with van der Waals surface area (Å²) in [5, 5.41) is 0.474. The highest BCUT2D eigenvalue weighted by atomic mass is 35.5. The van der Waals surface area contributed by atoms with Gasteiger partial charge in [0.15, 0.2) is 5.22 Å². The zero-order valence-electron chi connectivity index (χ0n) is 5.80. The summed E-state index contributed by atoms with van der Waals surface area (Å²) >= 11 is 5.47. The molecule has 0 aliphatic rings. The molecule has 0 aromatic carbocycles. The Morgan fingerprint density at radius 2 is 2.10 bits per heavy atom. The van der Waals surface area contributed by atoms with Gasteiger partial charge in [0.25, 0.3) is 0 Å². The third kappa shape index (κ3) is 2.61. The number of halogens is 1. The smallest absolute Gasteiger partial charge is 0.193 e. The summed E-state index contributed by atoms with van der Waals surface area (Å²) < 4.78 is 5.00. The zero-order chi connectivity index (χ0) is 7.98. The molecule has 1 heterocycles. The number of terminal acetylenes is 1. The number of aryl methyl sites for hydroxylation is 1. The lowest BCUT2D eigenvalue weighted by atomic mass is 10.4. The van der Waals surface area contributed by atoms with Crippen molar-refractivity contribution in [2.45, 2.75) is 13.3 Å². The van der Waals surface area contributed by atoms with E-state index < -0.39 is 0 Å². The molecular formula is C8H9ClO. The van der Waals surface area contributed by atoms with E-state index in [9.17, 15) is 0 Å². The monoisotopic (exact) mass is 156 g/mol. The summed E-state index contributed by atoms with van der Waals surface area (Å²) in [6.45, 7) is 2.02. The molecule has 0 saturated heterocycles. The molecule has 0 unspecified atom stereocenters. The Hall–Kier alpha value is -0.870. The average Bonchev–Trinajstić information content (AvgIpc) is 2.40. The molecule has 0 bridgehead atoms. The van der Waals surface area contributed by atoms with Crippen molar-refractivity contribution in [1.29, 1.82) is 0 Å². The fourth-order valence-electron chi connectivity index (χ4n) is 0.542. The lowest BCUT2D eigenvalue weighted by molar-refractivity contribution is 0.518. The normalized spacial score (nSPS) is 8.00. The molecule has 0 N–H and O–H groups in total. The summed E-state index contributed by atoms with van der Waals surface area (Å²) in [5.41, 5.74) is 0. The van der Waals surface area contributed by atoms with Crippen molar-refractivity contribution in [3.8, 4) is 12.8 Å². The van der Waals surface area contributed by atoms with E-state index in [0.29, 0.717) is 5.22 Å². The van der Waals surface area contributed by atoms with Crippen molar-refractivity contribution < 1.29 is 4.42 Å². The van der Waals surface area contributed by atoms with Crippen LogP contribution >= 0.6 is 11.6 Å². The molecule has 1 nitrogen and oxygen atoms in total. The van der Waals surface area contributed by atoms with Crippen molar-refractivity contribution in [3.63, 3.8) is 0 Å². The van der Waals surface area contributed by atoms with Crippen molar-refractivity contribution in [2.24, 2.45) is 0 Å². The second kappa shape index (κ2) is 4.96. The van der Waals surface area contributed by atoms with Crippen LogP contribution in [0.15, 0.2) is 16.5 Å². The number of hydrogen-bond acceptors (Lipinski definition) is 1. The van der Waals surface area contributed by atoms with Gasteiger partial charge in [-0.2, -0.15) is 0 Å². The summed E-state index contributed by atoms with van der Waals surface area (Å²) in [5.74, 6) is 0.940. The molecule has 0 saturated carbocycles. The third-order valence-electron chi connectivity index (χ3n) is 0.977. The first-order chi connectivity index (χ1) is 4.83. The average molecular weight is 157 g/mol. The molecule has 0 amide bonds. The van der Waals surface area contributed by atoms with Gasteiger partial charge in [-0.1, -0.05) is 6.92 Å². The van der Waals surface area contributed by atoms with Gasteiger partial charge < -0.3 is 4.42 Å². The quantitative estimate of drug-likeness (QED) is 0.570. The third-order valence-corrected chi connectivity index (χ3v) is 1.18. The van der Waals surface area contributed by atoms with Crippen molar-refractivity contribution >= 4 is 11.6 Å². The van der Waals surface area contributed by atoms with E-state index in [1.54, 1.807) is 6.07 Å². The van der Waals surface area contributed by atoms with Crippen LogP contribution in [0.25, 0.3) is 0 Å². The molecule has 0 fully saturated rings. The highest BCUT2D eigenvalue weighted by Gasteiger charge is 1.93. The van der Waals surface area contributed by atoms with E-state index in [4.69, 9.17) is 16.0 Å². The van der Waals surface area contributed by atoms with Gasteiger partial charge in [-0.25, -0.2) is 0 Å². The van der Waals surface area contributed by atoms with Crippen LogP contribution in [-0.2, 0) is 6.42 Å². The van der Waals surface area contributed by atoms with E-state index in [1.165, 1.54) is 0 Å². The molecule has 1 aromatic heterocycles. The molecule has 0 aliphatic heterocycles. The largest absolute Gasteiger partial charge is 0.450 e. The molecule has 1 rings (SSSR count). The minimum Gasteiger partial charge on any atom is -0.450 e. The fourth-order valence-corrected chi connectivity index (χ4v) is 0.704. The van der Waals surface area contributed by atoms with Crippen LogP contribution in [0.2, 0.25) is 5.22 Å². The van der Waals surface area contributed by atoms with E-state index in [2.05, 4.69) is 12.8 Å². The fraction of sp³-hybridized carbons (Fsp3) is 0.250. The van der Waals surface area contributed by atoms with Gasteiger partial charge in [0.2, 0.25) is 0 Å². The van der Waals surface area contributed by atoms with Crippen molar-refractivity contribution in [3.05, 3.63) is 23.1 Å². The van der Waals surface area contributed by atoms with Crippen LogP contribution < -0.4 is 0 Å². The van der Waals surface area contributed by atoms with E-state index in [-0.39, 0.29) is 0 Å². The Balaban J connectivity index is 0.000000371. The second-order valence-electron chi connectivity index (χ2n) is 1.56. The molecule has 0 aliphatic carbocycles. The standard InChI is InChI=1S/C6H7ClO.C2H2/c1-2-5-3-4-6(7)8-5;1-2/h3-4H,2H2,1H3;1-2H. The van der Waals surface area contributed by atoms with Crippen LogP contribution in [0, 0.1) is 12.8 Å². The first-order valence-electron chi connectivity index (χ1n) is 2.90. The number of rotatable bonds is 1. The van der Waals surface area contributed by atoms with E-state index in [0.717, 1.165) is 12.2 Å². The molecule has 0 radical (unpaired) electrons. The minimum atomic E-state index is 0.474. The maximum atomic E-state index is 5.47. The van der Waals surface area contributed by atoms with Crippen molar-refractivity contribution in [1.82, 2.24) is 0 Å². The Bertz CT molecular complexity index is 200. The summed E-state index contributed by atoms with van der Waals surface area (Å²) in [6.07, 6.45) is 8.91. The molecule has 2 heteroatoms. The van der Waals surface area contributed by atoms with Crippen LogP contribution in [0.3, 0.4) is 0 Å². The zero-order valence-corrected chi connectivity index (χ0v) is 6.56. The Morgan fingerprint density at radius 1 is 1.50 bits per heavy atom. The van der Waals surface area contributed by atoms with E-state index in [1.807, 2.05) is 13.0 Å². The Labute approximate surface area is 66.0 Å². The van der Waals surface area contributed by atoms with Gasteiger partial charge in [-0.3, -0.25) is 0 Å². The molecule has 10 heavy (non-hydrogen) atoms. The molecule has 54 valence electrons. The first kappa shape index (κ1) is 9.13. The van der Waals surface area contributed by atoms with Crippen LogP contribution in [0.1, 0.15) is 12.7 Å². The lowest BCUT2D eigenvalue weighted by Gasteiger charge is -1.81. The van der Waals surface area contributed by atoms with Gasteiger partial charge in [0, 0.05) is 6.42 Å². The number of furan rings is 1. The van der Waals surface area contributed by atoms with E-state index >= 15 is 0 Å². The topological polar surface area (TPSA) is 13.1 Å². The lowest BCUT2D eigenvalue weighted by Crippen LogP contribution is -1.67. The van der Waals surface area contributed by atoms with Crippen molar-refractivity contribution in [2.75, 3.05) is 0 Å². The summed E-state index contributed by atoms with van der Waals surface area (Å²) in [4.78, 5) is 0. The van der Waals surface area contributed by atoms with Crippen LogP contribution in [0.4, 0.5) is 0 Å². The predicted octanol–water partition coefficient (Wildman–Crippen LogP) is 2.74. The minimum absolute atomic E-state index is 0.474. The SMILES string of the molecule is C#C.CCc1ccc(Cl)o1. The molecule has 1 aromatic rings. The summed E-state index contributed by atoms with van der Waals surface area (Å²) in [6, 6.07) is 3.63. The molecular weight excluding hydrogens is 148 g/mol. The maximum Gasteiger partial charge on any atom is 0.193 e. The maximum absolute atomic E-state index is 5.47. The predicted molar refractivity (Wildman–Crippen MR) is 43.0 cm³/mol.